The van der Waals surface area contributed by atoms with Crippen LogP contribution in [-0.4, -0.2) is 9.55 Å². The number of halogens is 1. The Bertz CT molecular complexity index is 787. The number of aromatic nitrogens is 2. The number of aryl methyl sites for hydroxylation is 2. The number of benzene rings is 2. The molecule has 102 valence electrons. The summed E-state index contributed by atoms with van der Waals surface area (Å²) < 4.78 is 2.18. The summed E-state index contributed by atoms with van der Waals surface area (Å²) in [6.07, 6.45) is 0. The van der Waals surface area contributed by atoms with Crippen molar-refractivity contribution in [3.63, 3.8) is 0 Å². The van der Waals surface area contributed by atoms with Crippen LogP contribution in [0.5, 0.6) is 0 Å². The van der Waals surface area contributed by atoms with Crippen molar-refractivity contribution in [2.24, 2.45) is 0 Å². The summed E-state index contributed by atoms with van der Waals surface area (Å²) in [5.74, 6) is 1.30. The molecule has 0 aliphatic carbocycles. The van der Waals surface area contributed by atoms with E-state index in [1.807, 2.05) is 0 Å². The molecule has 0 saturated heterocycles. The van der Waals surface area contributed by atoms with Crippen LogP contribution < -0.4 is 0 Å². The van der Waals surface area contributed by atoms with Crippen LogP contribution in [0, 0.1) is 20.8 Å². The summed E-state index contributed by atoms with van der Waals surface area (Å²) >= 11 is 6.11. The van der Waals surface area contributed by atoms with Gasteiger partial charge in [0.25, 0.3) is 0 Å². The van der Waals surface area contributed by atoms with E-state index in [1.165, 1.54) is 16.7 Å². The Morgan fingerprint density at radius 1 is 1.00 bits per heavy atom. The average Bonchev–Trinajstić information content (AvgIpc) is 2.82. The summed E-state index contributed by atoms with van der Waals surface area (Å²) in [5.41, 5.74) is 7.03. The second-order valence-corrected chi connectivity index (χ2v) is 5.43. The van der Waals surface area contributed by atoms with Gasteiger partial charge in [0.1, 0.15) is 5.82 Å². The smallest absolute Gasteiger partial charge is 0.129 e. The van der Waals surface area contributed by atoms with Crippen molar-refractivity contribution in [3.8, 4) is 5.69 Å². The minimum atomic E-state index is 0.404. The van der Waals surface area contributed by atoms with E-state index in [1.54, 1.807) is 0 Å². The van der Waals surface area contributed by atoms with Crippen LogP contribution in [-0.2, 0) is 5.88 Å². The fourth-order valence-corrected chi connectivity index (χ4v) is 2.80. The van der Waals surface area contributed by atoms with Gasteiger partial charge in [-0.3, -0.25) is 4.57 Å². The largest absolute Gasteiger partial charge is 0.295 e. The van der Waals surface area contributed by atoms with Gasteiger partial charge in [-0.05, 0) is 49.6 Å². The summed E-state index contributed by atoms with van der Waals surface area (Å²) in [5, 5.41) is 0. The van der Waals surface area contributed by atoms with E-state index in [0.717, 1.165) is 22.5 Å². The van der Waals surface area contributed by atoms with Gasteiger partial charge >= 0.3 is 0 Å². The van der Waals surface area contributed by atoms with Crippen molar-refractivity contribution in [2.45, 2.75) is 26.7 Å². The first kappa shape index (κ1) is 13.2. The fraction of sp³-hybridized carbons (Fsp3) is 0.235. The molecule has 0 aliphatic heterocycles. The normalized spacial score (nSPS) is 11.2. The van der Waals surface area contributed by atoms with Gasteiger partial charge in [0.05, 0.1) is 22.6 Å². The van der Waals surface area contributed by atoms with Gasteiger partial charge in [-0.25, -0.2) is 4.98 Å². The molecule has 20 heavy (non-hydrogen) atoms. The fourth-order valence-electron chi connectivity index (χ4n) is 2.62. The number of alkyl halides is 1. The molecule has 3 aromatic rings. The zero-order valence-corrected chi connectivity index (χ0v) is 12.7. The lowest BCUT2D eigenvalue weighted by atomic mass is 10.1. The van der Waals surface area contributed by atoms with E-state index in [4.69, 9.17) is 16.6 Å². The van der Waals surface area contributed by atoms with E-state index in [-0.39, 0.29) is 0 Å². The molecule has 0 saturated carbocycles. The van der Waals surface area contributed by atoms with Crippen molar-refractivity contribution in [3.05, 3.63) is 58.9 Å². The first-order chi connectivity index (χ1) is 9.63. The van der Waals surface area contributed by atoms with Crippen molar-refractivity contribution in [2.75, 3.05) is 0 Å². The molecule has 0 spiro atoms. The molecule has 0 atom stereocenters. The highest BCUT2D eigenvalue weighted by molar-refractivity contribution is 6.17. The Balaban J connectivity index is 2.41. The third-order valence-corrected chi connectivity index (χ3v) is 4.13. The van der Waals surface area contributed by atoms with Crippen LogP contribution in [0.15, 0.2) is 36.4 Å². The first-order valence-corrected chi connectivity index (χ1v) is 7.26. The molecule has 3 rings (SSSR count). The number of rotatable bonds is 2. The Morgan fingerprint density at radius 3 is 2.45 bits per heavy atom. The van der Waals surface area contributed by atoms with Gasteiger partial charge in [-0.15, -0.1) is 11.6 Å². The Kier molecular flexibility index (Phi) is 3.27. The van der Waals surface area contributed by atoms with E-state index >= 15 is 0 Å². The highest BCUT2D eigenvalue weighted by Crippen LogP contribution is 2.27. The third kappa shape index (κ3) is 1.92. The van der Waals surface area contributed by atoms with Crippen molar-refractivity contribution in [1.82, 2.24) is 9.55 Å². The third-order valence-electron chi connectivity index (χ3n) is 3.89. The average molecular weight is 285 g/mol. The van der Waals surface area contributed by atoms with Crippen LogP contribution in [0.1, 0.15) is 22.5 Å². The Labute approximate surface area is 124 Å². The molecule has 1 heterocycles. The molecule has 0 bridgehead atoms. The van der Waals surface area contributed by atoms with E-state index in [2.05, 4.69) is 61.7 Å². The number of imidazole rings is 1. The summed E-state index contributed by atoms with van der Waals surface area (Å²) in [6, 6.07) is 12.6. The Morgan fingerprint density at radius 2 is 1.70 bits per heavy atom. The predicted molar refractivity (Wildman–Crippen MR) is 84.8 cm³/mol. The molecular formula is C17H17ClN2. The number of hydrogen-bond donors (Lipinski definition) is 0. The maximum absolute atomic E-state index is 6.11. The molecule has 0 fully saturated rings. The number of nitrogens with zero attached hydrogens (tertiary/aromatic N) is 2. The highest BCUT2D eigenvalue weighted by atomic mass is 35.5. The molecular weight excluding hydrogens is 268 g/mol. The molecule has 2 aromatic carbocycles. The predicted octanol–water partition coefficient (Wildman–Crippen LogP) is 4.69. The lowest BCUT2D eigenvalue weighted by molar-refractivity contribution is 0.969. The summed E-state index contributed by atoms with van der Waals surface area (Å²) in [4.78, 5) is 4.71. The highest BCUT2D eigenvalue weighted by Gasteiger charge is 2.14. The monoisotopic (exact) mass is 284 g/mol. The van der Waals surface area contributed by atoms with Crippen molar-refractivity contribution >= 4 is 22.6 Å². The maximum atomic E-state index is 6.11. The maximum Gasteiger partial charge on any atom is 0.129 e. The zero-order valence-electron chi connectivity index (χ0n) is 11.9. The minimum Gasteiger partial charge on any atom is -0.295 e. The quantitative estimate of drug-likeness (QED) is 0.624. The van der Waals surface area contributed by atoms with Crippen molar-refractivity contribution in [1.29, 1.82) is 0 Å². The van der Waals surface area contributed by atoms with Gasteiger partial charge in [-0.2, -0.15) is 0 Å². The first-order valence-electron chi connectivity index (χ1n) is 6.73. The van der Waals surface area contributed by atoms with Gasteiger partial charge in [0.15, 0.2) is 0 Å². The molecule has 0 aliphatic rings. The molecule has 1 aromatic heterocycles. The molecule has 0 amide bonds. The van der Waals surface area contributed by atoms with E-state index in [0.29, 0.717) is 5.88 Å². The van der Waals surface area contributed by atoms with Gasteiger partial charge in [-0.1, -0.05) is 24.3 Å². The second-order valence-electron chi connectivity index (χ2n) is 5.16. The van der Waals surface area contributed by atoms with Gasteiger partial charge in [0, 0.05) is 0 Å². The topological polar surface area (TPSA) is 17.8 Å². The minimum absolute atomic E-state index is 0.404. The lowest BCUT2D eigenvalue weighted by Crippen LogP contribution is -2.02. The molecule has 0 radical (unpaired) electrons. The molecule has 2 nitrogen and oxygen atoms in total. The van der Waals surface area contributed by atoms with Crippen LogP contribution in [0.3, 0.4) is 0 Å². The van der Waals surface area contributed by atoms with E-state index in [9.17, 15) is 0 Å². The van der Waals surface area contributed by atoms with Crippen molar-refractivity contribution < 1.29 is 0 Å². The van der Waals surface area contributed by atoms with Gasteiger partial charge < -0.3 is 0 Å². The second kappa shape index (κ2) is 4.95. The summed E-state index contributed by atoms with van der Waals surface area (Å²) in [7, 11) is 0. The number of para-hydroxylation sites is 1. The SMILES string of the molecule is Cc1cccc(-n2c(CCl)nc3c(C)cccc32)c1C. The van der Waals surface area contributed by atoms with Crippen LogP contribution in [0.2, 0.25) is 0 Å². The zero-order chi connectivity index (χ0) is 14.3. The van der Waals surface area contributed by atoms with Crippen LogP contribution >= 0.6 is 11.6 Å². The van der Waals surface area contributed by atoms with E-state index < -0.39 is 0 Å². The summed E-state index contributed by atoms with van der Waals surface area (Å²) in [6.45, 7) is 6.36. The standard InChI is InChI=1S/C17H17ClN2/c1-11-6-4-8-14(13(11)3)20-15-9-5-7-12(2)17(15)19-16(20)10-18/h4-9H,10H2,1-3H3. The molecule has 3 heteroatoms. The van der Waals surface area contributed by atoms with Crippen LogP contribution in [0.4, 0.5) is 0 Å². The number of fused-ring (bicyclic) bond motifs is 1. The lowest BCUT2D eigenvalue weighted by Gasteiger charge is -2.13. The molecule has 0 unspecified atom stereocenters. The van der Waals surface area contributed by atoms with Gasteiger partial charge in [0.2, 0.25) is 0 Å². The molecule has 0 N–H and O–H groups in total. The van der Waals surface area contributed by atoms with Crippen LogP contribution in [0.25, 0.3) is 16.7 Å². The Hall–Kier alpha value is -1.80. The number of hydrogen-bond acceptors (Lipinski definition) is 1.